The second-order valence-electron chi connectivity index (χ2n) is 4.44. The van der Waals surface area contributed by atoms with Gasteiger partial charge in [-0.05, 0) is 31.9 Å². The van der Waals surface area contributed by atoms with Gasteiger partial charge in [0.05, 0.1) is 11.3 Å². The molecule has 0 spiro atoms. The minimum absolute atomic E-state index is 0.318. The van der Waals surface area contributed by atoms with Crippen molar-refractivity contribution in [2.24, 2.45) is 5.84 Å². The van der Waals surface area contributed by atoms with E-state index in [1.165, 1.54) is 0 Å². The molecule has 0 aliphatic heterocycles. The minimum atomic E-state index is -0.318. The molecule has 5 nitrogen and oxygen atoms in total. The first-order valence-corrected chi connectivity index (χ1v) is 7.66. The fraction of sp³-hybridized carbons (Fsp3) is 0.538. The van der Waals surface area contributed by atoms with Crippen molar-refractivity contribution in [3.05, 3.63) is 29.6 Å². The molecule has 0 aliphatic carbocycles. The average molecular weight is 282 g/mol. The number of hydrazine groups is 1. The lowest BCUT2D eigenvalue weighted by Gasteiger charge is -2.26. The second-order valence-corrected chi connectivity index (χ2v) is 5.35. The Balaban J connectivity index is 2.64. The van der Waals surface area contributed by atoms with Gasteiger partial charge in [-0.15, -0.1) is 0 Å². The topological polar surface area (TPSA) is 71.2 Å². The Morgan fingerprint density at radius 2 is 2.32 bits per heavy atom. The van der Waals surface area contributed by atoms with Crippen molar-refractivity contribution in [2.45, 2.75) is 25.9 Å². The average Bonchev–Trinajstić information content (AvgIpc) is 2.44. The van der Waals surface area contributed by atoms with Crippen molar-refractivity contribution < 1.29 is 4.79 Å². The van der Waals surface area contributed by atoms with E-state index in [1.54, 1.807) is 12.3 Å². The van der Waals surface area contributed by atoms with Gasteiger partial charge < -0.3 is 0 Å². The normalized spacial score (nSPS) is 12.5. The Labute approximate surface area is 118 Å². The van der Waals surface area contributed by atoms with Gasteiger partial charge >= 0.3 is 0 Å². The van der Waals surface area contributed by atoms with Crippen LogP contribution in [0.3, 0.4) is 0 Å². The van der Waals surface area contributed by atoms with Crippen molar-refractivity contribution in [2.75, 3.05) is 19.1 Å². The molecular formula is C13H22N4OS. The number of carbonyl (C=O) groups is 1. The van der Waals surface area contributed by atoms with E-state index in [1.807, 2.05) is 17.8 Å². The summed E-state index contributed by atoms with van der Waals surface area (Å²) in [5.74, 6) is 5.87. The molecule has 3 N–H and O–H groups in total. The second kappa shape index (κ2) is 8.14. The standard InChI is InChI=1S/C13H22N4OS/c1-4-12(9-19-3)17(2)8-11-6-5-10(7-15-11)13(18)16-14/h5-7,12H,4,8-9,14H2,1-3H3,(H,16,18). The first-order valence-electron chi connectivity index (χ1n) is 6.27. The van der Waals surface area contributed by atoms with Crippen LogP contribution in [-0.2, 0) is 6.54 Å². The van der Waals surface area contributed by atoms with Gasteiger partial charge in [0.15, 0.2) is 0 Å². The van der Waals surface area contributed by atoms with E-state index in [0.29, 0.717) is 11.6 Å². The van der Waals surface area contributed by atoms with Gasteiger partial charge in [0.1, 0.15) is 0 Å². The molecule has 1 amide bonds. The Bertz CT molecular complexity index is 396. The van der Waals surface area contributed by atoms with Crippen LogP contribution < -0.4 is 11.3 Å². The first kappa shape index (κ1) is 15.9. The molecule has 0 bridgehead atoms. The van der Waals surface area contributed by atoms with Crippen molar-refractivity contribution >= 4 is 17.7 Å². The van der Waals surface area contributed by atoms with E-state index in [0.717, 1.165) is 24.4 Å². The molecule has 0 saturated heterocycles. The van der Waals surface area contributed by atoms with Crippen molar-refractivity contribution in [1.82, 2.24) is 15.3 Å². The quantitative estimate of drug-likeness (QED) is 0.447. The summed E-state index contributed by atoms with van der Waals surface area (Å²) in [5.41, 5.74) is 3.52. The zero-order valence-corrected chi connectivity index (χ0v) is 12.5. The maximum atomic E-state index is 11.3. The largest absolute Gasteiger partial charge is 0.297 e. The smallest absolute Gasteiger partial charge is 0.266 e. The van der Waals surface area contributed by atoms with Gasteiger partial charge in [-0.2, -0.15) is 11.8 Å². The lowest BCUT2D eigenvalue weighted by Crippen LogP contribution is -2.33. The fourth-order valence-electron chi connectivity index (χ4n) is 1.87. The van der Waals surface area contributed by atoms with Crippen LogP contribution in [0.4, 0.5) is 0 Å². The molecule has 0 radical (unpaired) electrons. The maximum Gasteiger partial charge on any atom is 0.266 e. The third kappa shape index (κ3) is 4.81. The summed E-state index contributed by atoms with van der Waals surface area (Å²) >= 11 is 1.85. The zero-order chi connectivity index (χ0) is 14.3. The molecule has 0 aliphatic rings. The highest BCUT2D eigenvalue weighted by molar-refractivity contribution is 7.98. The van der Waals surface area contributed by atoms with Gasteiger partial charge in [-0.1, -0.05) is 6.92 Å². The molecule has 1 rings (SSSR count). The number of carbonyl (C=O) groups excluding carboxylic acids is 1. The molecule has 0 aromatic carbocycles. The molecule has 1 aromatic heterocycles. The number of hydrogen-bond donors (Lipinski definition) is 2. The van der Waals surface area contributed by atoms with Gasteiger partial charge in [-0.3, -0.25) is 20.1 Å². The van der Waals surface area contributed by atoms with Crippen LogP contribution >= 0.6 is 11.8 Å². The van der Waals surface area contributed by atoms with Gasteiger partial charge in [0.2, 0.25) is 0 Å². The molecule has 6 heteroatoms. The SMILES string of the molecule is CCC(CSC)N(C)Cc1ccc(C(=O)NN)cn1. The van der Waals surface area contributed by atoms with E-state index in [4.69, 9.17) is 5.84 Å². The number of nitrogens with one attached hydrogen (secondary N) is 1. The zero-order valence-electron chi connectivity index (χ0n) is 11.7. The van der Waals surface area contributed by atoms with Crippen molar-refractivity contribution in [3.63, 3.8) is 0 Å². The summed E-state index contributed by atoms with van der Waals surface area (Å²) in [6.45, 7) is 2.98. The van der Waals surface area contributed by atoms with Crippen LogP contribution in [0.1, 0.15) is 29.4 Å². The number of hydrogen-bond acceptors (Lipinski definition) is 5. The number of thioether (sulfide) groups is 1. The summed E-state index contributed by atoms with van der Waals surface area (Å²) in [6, 6.07) is 4.16. The van der Waals surface area contributed by atoms with E-state index in [9.17, 15) is 4.79 Å². The number of pyridine rings is 1. The molecule has 1 heterocycles. The molecule has 0 saturated carbocycles. The molecule has 1 atom stereocenters. The van der Waals surface area contributed by atoms with Crippen LogP contribution in [0.15, 0.2) is 18.3 Å². The lowest BCUT2D eigenvalue weighted by molar-refractivity contribution is 0.0953. The number of aromatic nitrogens is 1. The Morgan fingerprint density at radius 3 is 2.79 bits per heavy atom. The third-order valence-corrected chi connectivity index (χ3v) is 3.80. The summed E-state index contributed by atoms with van der Waals surface area (Å²) in [7, 11) is 2.10. The van der Waals surface area contributed by atoms with E-state index in [2.05, 4.69) is 35.5 Å². The Kier molecular flexibility index (Phi) is 6.83. The summed E-state index contributed by atoms with van der Waals surface area (Å²) in [4.78, 5) is 17.9. The fourth-order valence-corrected chi connectivity index (χ4v) is 2.74. The summed E-state index contributed by atoms with van der Waals surface area (Å²) in [5, 5.41) is 0. The molecule has 0 fully saturated rings. The number of amides is 1. The molecule has 19 heavy (non-hydrogen) atoms. The lowest BCUT2D eigenvalue weighted by atomic mass is 10.2. The highest BCUT2D eigenvalue weighted by Crippen LogP contribution is 2.11. The molecular weight excluding hydrogens is 260 g/mol. The highest BCUT2D eigenvalue weighted by atomic mass is 32.2. The van der Waals surface area contributed by atoms with E-state index in [-0.39, 0.29) is 5.91 Å². The van der Waals surface area contributed by atoms with Crippen LogP contribution in [0.25, 0.3) is 0 Å². The third-order valence-electron chi connectivity index (χ3n) is 3.08. The van der Waals surface area contributed by atoms with Crippen LogP contribution in [-0.4, -0.2) is 40.9 Å². The monoisotopic (exact) mass is 282 g/mol. The Hall–Kier alpha value is -1.11. The van der Waals surface area contributed by atoms with Crippen LogP contribution in [0, 0.1) is 0 Å². The number of rotatable bonds is 7. The number of nitrogen functional groups attached to an aromatic ring is 1. The molecule has 1 unspecified atom stereocenters. The van der Waals surface area contributed by atoms with Gasteiger partial charge in [0, 0.05) is 24.5 Å². The predicted octanol–water partition coefficient (Wildman–Crippen LogP) is 1.26. The van der Waals surface area contributed by atoms with Crippen LogP contribution in [0.2, 0.25) is 0 Å². The van der Waals surface area contributed by atoms with Crippen molar-refractivity contribution in [1.29, 1.82) is 0 Å². The van der Waals surface area contributed by atoms with Gasteiger partial charge in [-0.25, -0.2) is 5.84 Å². The minimum Gasteiger partial charge on any atom is -0.297 e. The first-order chi connectivity index (χ1) is 9.12. The molecule has 1 aromatic rings. The van der Waals surface area contributed by atoms with E-state index < -0.39 is 0 Å². The highest BCUT2D eigenvalue weighted by Gasteiger charge is 2.13. The number of nitrogens with two attached hydrogens (primary N) is 1. The predicted molar refractivity (Wildman–Crippen MR) is 79.8 cm³/mol. The van der Waals surface area contributed by atoms with Gasteiger partial charge in [0.25, 0.3) is 5.91 Å². The number of nitrogens with zero attached hydrogens (tertiary/aromatic N) is 2. The summed E-state index contributed by atoms with van der Waals surface area (Å²) in [6.07, 6.45) is 4.79. The maximum absolute atomic E-state index is 11.3. The van der Waals surface area contributed by atoms with E-state index >= 15 is 0 Å². The van der Waals surface area contributed by atoms with Crippen molar-refractivity contribution in [3.8, 4) is 0 Å². The van der Waals surface area contributed by atoms with Crippen LogP contribution in [0.5, 0.6) is 0 Å². The summed E-state index contributed by atoms with van der Waals surface area (Å²) < 4.78 is 0. The Morgan fingerprint density at radius 1 is 1.58 bits per heavy atom. The molecule has 106 valence electrons.